The molecule has 0 saturated heterocycles. The lowest BCUT2D eigenvalue weighted by Gasteiger charge is -2.31. The van der Waals surface area contributed by atoms with E-state index in [9.17, 15) is 10.2 Å². The van der Waals surface area contributed by atoms with Gasteiger partial charge in [0.05, 0.1) is 22.2 Å². The van der Waals surface area contributed by atoms with E-state index in [1.807, 2.05) is 18.0 Å². The molecule has 1 aliphatic rings. The minimum Gasteiger partial charge on any atom is -0.510 e. The first-order chi connectivity index (χ1) is 8.99. The topological polar surface area (TPSA) is 43.7 Å². The Labute approximate surface area is 122 Å². The summed E-state index contributed by atoms with van der Waals surface area (Å²) >= 11 is 11.8. The third-order valence-corrected chi connectivity index (χ3v) is 3.92. The fourth-order valence-corrected chi connectivity index (χ4v) is 2.24. The van der Waals surface area contributed by atoms with Crippen LogP contribution in [-0.2, 0) is 0 Å². The largest absolute Gasteiger partial charge is 0.510 e. The molecular weight excluding hydrogens is 285 g/mol. The van der Waals surface area contributed by atoms with Crippen molar-refractivity contribution in [2.45, 2.75) is 19.1 Å². The summed E-state index contributed by atoms with van der Waals surface area (Å²) in [5.74, 6) is 0.281. The fourth-order valence-electron chi connectivity index (χ4n) is 1.93. The first-order valence-corrected chi connectivity index (χ1v) is 6.70. The van der Waals surface area contributed by atoms with Gasteiger partial charge in [-0.2, -0.15) is 0 Å². The summed E-state index contributed by atoms with van der Waals surface area (Å²) in [5, 5.41) is 20.8. The van der Waals surface area contributed by atoms with Crippen LogP contribution < -0.4 is 0 Å². The van der Waals surface area contributed by atoms with Gasteiger partial charge < -0.3 is 15.1 Å². The smallest absolute Gasteiger partial charge is 0.114 e. The SMILES string of the molecule is C[C@H]1C(O)=CC=CN1CC(O)c1ccc(Cl)c(Cl)c1. The molecule has 2 atom stereocenters. The number of benzene rings is 1. The summed E-state index contributed by atoms with van der Waals surface area (Å²) in [4.78, 5) is 1.86. The van der Waals surface area contributed by atoms with Gasteiger partial charge in [-0.25, -0.2) is 0 Å². The quantitative estimate of drug-likeness (QED) is 0.895. The molecule has 0 aromatic heterocycles. The van der Waals surface area contributed by atoms with Crippen LogP contribution in [0.5, 0.6) is 0 Å². The summed E-state index contributed by atoms with van der Waals surface area (Å²) in [6.07, 6.45) is 4.53. The van der Waals surface area contributed by atoms with Crippen LogP contribution in [0.15, 0.2) is 42.3 Å². The van der Waals surface area contributed by atoms with Gasteiger partial charge >= 0.3 is 0 Å². The van der Waals surface area contributed by atoms with Gasteiger partial charge in [-0.3, -0.25) is 0 Å². The Morgan fingerprint density at radius 2 is 2.05 bits per heavy atom. The number of allylic oxidation sites excluding steroid dienone is 2. The zero-order valence-corrected chi connectivity index (χ0v) is 11.9. The molecule has 1 aromatic rings. The minimum atomic E-state index is -0.701. The maximum Gasteiger partial charge on any atom is 0.114 e. The van der Waals surface area contributed by atoms with Crippen LogP contribution in [0.25, 0.3) is 0 Å². The van der Waals surface area contributed by atoms with Crippen LogP contribution in [0, 0.1) is 0 Å². The van der Waals surface area contributed by atoms with Crippen molar-refractivity contribution in [3.8, 4) is 0 Å². The third kappa shape index (κ3) is 3.24. The van der Waals surface area contributed by atoms with Crippen molar-refractivity contribution in [3.63, 3.8) is 0 Å². The molecule has 0 saturated carbocycles. The summed E-state index contributed by atoms with van der Waals surface area (Å²) in [6.45, 7) is 2.24. The van der Waals surface area contributed by atoms with Crippen molar-refractivity contribution in [3.05, 3.63) is 57.9 Å². The van der Waals surface area contributed by atoms with Gasteiger partial charge in [0, 0.05) is 6.54 Å². The van der Waals surface area contributed by atoms with Crippen molar-refractivity contribution in [1.29, 1.82) is 0 Å². The van der Waals surface area contributed by atoms with Crippen LogP contribution in [0.3, 0.4) is 0 Å². The molecule has 0 amide bonds. The van der Waals surface area contributed by atoms with Gasteiger partial charge in [0.25, 0.3) is 0 Å². The van der Waals surface area contributed by atoms with Gasteiger partial charge in [-0.05, 0) is 43.0 Å². The molecule has 1 aromatic carbocycles. The highest BCUT2D eigenvalue weighted by molar-refractivity contribution is 6.42. The predicted octanol–water partition coefficient (Wildman–Crippen LogP) is 3.69. The maximum atomic E-state index is 10.2. The lowest BCUT2D eigenvalue weighted by Crippen LogP contribution is -2.34. The molecule has 1 unspecified atom stereocenters. The predicted molar refractivity (Wildman–Crippen MR) is 77.4 cm³/mol. The van der Waals surface area contributed by atoms with Crippen molar-refractivity contribution in [1.82, 2.24) is 4.90 Å². The second-order valence-electron chi connectivity index (χ2n) is 4.50. The van der Waals surface area contributed by atoms with Crippen LogP contribution in [0.2, 0.25) is 10.0 Å². The van der Waals surface area contributed by atoms with Gasteiger partial charge in [0.1, 0.15) is 5.76 Å². The molecule has 0 fully saturated rings. The monoisotopic (exact) mass is 299 g/mol. The highest BCUT2D eigenvalue weighted by Crippen LogP contribution is 2.27. The first kappa shape index (κ1) is 14.3. The second-order valence-corrected chi connectivity index (χ2v) is 5.31. The van der Waals surface area contributed by atoms with E-state index in [4.69, 9.17) is 23.2 Å². The molecule has 0 spiro atoms. The zero-order valence-electron chi connectivity index (χ0n) is 10.4. The van der Waals surface area contributed by atoms with Crippen molar-refractivity contribution < 1.29 is 10.2 Å². The lowest BCUT2D eigenvalue weighted by molar-refractivity contribution is 0.115. The Kier molecular flexibility index (Phi) is 4.40. The molecule has 3 nitrogen and oxygen atoms in total. The van der Waals surface area contributed by atoms with E-state index < -0.39 is 6.10 Å². The molecule has 19 heavy (non-hydrogen) atoms. The van der Waals surface area contributed by atoms with Gasteiger partial charge in [0.2, 0.25) is 0 Å². The van der Waals surface area contributed by atoms with Gasteiger partial charge in [-0.1, -0.05) is 29.3 Å². The number of hydrogen-bond acceptors (Lipinski definition) is 3. The highest BCUT2D eigenvalue weighted by atomic mass is 35.5. The summed E-state index contributed by atoms with van der Waals surface area (Å²) < 4.78 is 0. The van der Waals surface area contributed by atoms with Crippen molar-refractivity contribution >= 4 is 23.2 Å². The molecule has 2 N–H and O–H groups in total. The first-order valence-electron chi connectivity index (χ1n) is 5.95. The van der Waals surface area contributed by atoms with Crippen LogP contribution >= 0.6 is 23.2 Å². The number of hydrogen-bond donors (Lipinski definition) is 2. The molecule has 1 aliphatic heterocycles. The van der Waals surface area contributed by atoms with Crippen LogP contribution in [0.1, 0.15) is 18.6 Å². The Morgan fingerprint density at radius 1 is 1.32 bits per heavy atom. The summed E-state index contributed by atoms with van der Waals surface area (Å²) in [5.41, 5.74) is 0.698. The Hall–Kier alpha value is -1.16. The highest BCUT2D eigenvalue weighted by Gasteiger charge is 2.20. The number of halogens is 2. The van der Waals surface area contributed by atoms with E-state index in [1.54, 1.807) is 30.4 Å². The number of aliphatic hydroxyl groups excluding tert-OH is 2. The Morgan fingerprint density at radius 3 is 2.74 bits per heavy atom. The molecule has 2 rings (SSSR count). The van der Waals surface area contributed by atoms with Crippen LogP contribution in [0.4, 0.5) is 0 Å². The normalized spacial score (nSPS) is 20.3. The fraction of sp³-hybridized carbons (Fsp3) is 0.286. The van der Waals surface area contributed by atoms with Crippen molar-refractivity contribution in [2.24, 2.45) is 0 Å². The second kappa shape index (κ2) is 5.87. The average molecular weight is 300 g/mol. The molecule has 5 heteroatoms. The standard InChI is InChI=1S/C14H15Cl2NO2/c1-9-13(18)3-2-6-17(9)8-14(19)10-4-5-11(15)12(16)7-10/h2-7,9,14,18-19H,8H2,1H3/t9-,14?/m0/s1. The summed E-state index contributed by atoms with van der Waals surface area (Å²) in [7, 11) is 0. The molecule has 1 heterocycles. The number of rotatable bonds is 3. The molecule has 102 valence electrons. The lowest BCUT2D eigenvalue weighted by atomic mass is 10.1. The van der Waals surface area contributed by atoms with Crippen LogP contribution in [-0.4, -0.2) is 27.7 Å². The summed E-state index contributed by atoms with van der Waals surface area (Å²) in [6, 6.07) is 4.91. The van der Waals surface area contributed by atoms with E-state index in [0.29, 0.717) is 22.2 Å². The maximum absolute atomic E-state index is 10.2. The van der Waals surface area contributed by atoms with Gasteiger partial charge in [-0.15, -0.1) is 0 Å². The zero-order chi connectivity index (χ0) is 14.0. The Balaban J connectivity index is 2.09. The van der Waals surface area contributed by atoms with E-state index >= 15 is 0 Å². The molecule has 0 bridgehead atoms. The van der Waals surface area contributed by atoms with E-state index in [2.05, 4.69) is 0 Å². The minimum absolute atomic E-state index is 0.151. The average Bonchev–Trinajstić information content (AvgIpc) is 2.38. The number of β-amino-alcohol motifs (C(OH)–C–C–N with tert-alkyl or cyclic N) is 1. The van der Waals surface area contributed by atoms with Gasteiger partial charge in [0.15, 0.2) is 0 Å². The van der Waals surface area contributed by atoms with E-state index in [0.717, 1.165) is 0 Å². The molecule has 0 aliphatic carbocycles. The number of nitrogens with zero attached hydrogens (tertiary/aromatic N) is 1. The Bertz CT molecular complexity index is 528. The van der Waals surface area contributed by atoms with E-state index in [-0.39, 0.29) is 11.8 Å². The van der Waals surface area contributed by atoms with Crippen molar-refractivity contribution in [2.75, 3.05) is 6.54 Å². The molecular formula is C14H15Cl2NO2. The molecule has 0 radical (unpaired) electrons. The van der Waals surface area contributed by atoms with E-state index in [1.165, 1.54) is 0 Å². The third-order valence-electron chi connectivity index (χ3n) is 3.18. The number of aliphatic hydroxyl groups is 2.